The quantitative estimate of drug-likeness (QED) is 0.788. The molecule has 0 bridgehead atoms. The van der Waals surface area contributed by atoms with Gasteiger partial charge in [0.15, 0.2) is 0 Å². The average molecular weight is 383 g/mol. The summed E-state index contributed by atoms with van der Waals surface area (Å²) in [5.74, 6) is 1.58. The normalized spacial score (nSPS) is 17.5. The van der Waals surface area contributed by atoms with E-state index in [1.165, 1.54) is 0 Å². The molecular weight excluding hydrogens is 358 g/mol. The number of aromatic nitrogens is 2. The fraction of sp³-hybridized carbons (Fsp3) is 0.450. The maximum Gasteiger partial charge on any atom is 0.274 e. The molecule has 2 fully saturated rings. The maximum absolute atomic E-state index is 12.8. The van der Waals surface area contributed by atoms with Gasteiger partial charge < -0.3 is 24.2 Å². The number of nitrogens with zero attached hydrogens (tertiary/aromatic N) is 5. The highest BCUT2D eigenvalue weighted by Crippen LogP contribution is 2.28. The topological polar surface area (TPSA) is 71.0 Å². The van der Waals surface area contributed by atoms with Crippen molar-refractivity contribution in [3.05, 3.63) is 42.4 Å². The van der Waals surface area contributed by atoms with Gasteiger partial charge >= 0.3 is 0 Å². The lowest BCUT2D eigenvalue weighted by molar-refractivity contribution is 0.0740. The predicted octanol–water partition coefficient (Wildman–Crippen LogP) is 1.28. The van der Waals surface area contributed by atoms with Crippen LogP contribution in [0.15, 0.2) is 36.7 Å². The first-order valence-electron chi connectivity index (χ1n) is 9.58. The second-order valence-electron chi connectivity index (χ2n) is 6.81. The molecule has 1 aromatic carbocycles. The number of amides is 1. The van der Waals surface area contributed by atoms with E-state index in [1.807, 2.05) is 29.2 Å². The highest BCUT2D eigenvalue weighted by atomic mass is 16.5. The first-order valence-corrected chi connectivity index (χ1v) is 9.58. The van der Waals surface area contributed by atoms with E-state index in [9.17, 15) is 4.79 Å². The Morgan fingerprint density at radius 3 is 2.39 bits per heavy atom. The van der Waals surface area contributed by atoms with Crippen LogP contribution in [0.25, 0.3) is 0 Å². The van der Waals surface area contributed by atoms with E-state index in [4.69, 9.17) is 9.47 Å². The van der Waals surface area contributed by atoms with Crippen molar-refractivity contribution in [2.45, 2.75) is 0 Å². The minimum Gasteiger partial charge on any atom is -0.495 e. The number of carbonyl (C=O) groups excluding carboxylic acids is 1. The van der Waals surface area contributed by atoms with Crippen LogP contribution in [0.5, 0.6) is 5.75 Å². The fourth-order valence-corrected chi connectivity index (χ4v) is 3.59. The molecule has 8 heteroatoms. The summed E-state index contributed by atoms with van der Waals surface area (Å²) in [6.45, 7) is 5.78. The summed E-state index contributed by atoms with van der Waals surface area (Å²) in [5, 5.41) is 0. The van der Waals surface area contributed by atoms with Crippen LogP contribution in [0.3, 0.4) is 0 Å². The summed E-state index contributed by atoms with van der Waals surface area (Å²) >= 11 is 0. The van der Waals surface area contributed by atoms with Gasteiger partial charge in [-0.3, -0.25) is 4.79 Å². The molecule has 0 unspecified atom stereocenters. The number of hydrogen-bond acceptors (Lipinski definition) is 7. The van der Waals surface area contributed by atoms with Gasteiger partial charge in [-0.1, -0.05) is 12.1 Å². The molecule has 2 saturated heterocycles. The summed E-state index contributed by atoms with van der Waals surface area (Å²) < 4.78 is 10.8. The number of ether oxygens (including phenoxy) is 2. The standard InChI is InChI=1S/C20H25N5O3/c1-27-18-5-3-2-4-17(18)23-6-8-25(9-7-23)20(26)16-14-22-19(15-21-16)24-10-12-28-13-11-24/h2-5,14-15H,6-13H2,1H3. The number of piperazine rings is 1. The van der Waals surface area contributed by atoms with Crippen LogP contribution in [-0.2, 0) is 4.74 Å². The first-order chi connectivity index (χ1) is 13.8. The molecule has 0 radical (unpaired) electrons. The molecule has 4 rings (SSSR count). The summed E-state index contributed by atoms with van der Waals surface area (Å²) in [5.41, 5.74) is 1.45. The van der Waals surface area contributed by atoms with Crippen molar-refractivity contribution in [1.82, 2.24) is 14.9 Å². The van der Waals surface area contributed by atoms with Gasteiger partial charge in [-0.15, -0.1) is 0 Å². The number of methoxy groups -OCH3 is 1. The zero-order chi connectivity index (χ0) is 19.3. The number of hydrogen-bond donors (Lipinski definition) is 0. The van der Waals surface area contributed by atoms with Crippen LogP contribution in [-0.4, -0.2) is 80.4 Å². The SMILES string of the molecule is COc1ccccc1N1CCN(C(=O)c2cnc(N3CCOCC3)cn2)CC1. The van der Waals surface area contributed by atoms with E-state index < -0.39 is 0 Å². The molecule has 2 aliphatic heterocycles. The smallest absolute Gasteiger partial charge is 0.274 e. The number of anilines is 2. The Morgan fingerprint density at radius 1 is 0.964 bits per heavy atom. The van der Waals surface area contributed by atoms with E-state index in [-0.39, 0.29) is 5.91 Å². The van der Waals surface area contributed by atoms with E-state index in [0.717, 1.165) is 43.4 Å². The first kappa shape index (κ1) is 18.5. The Hall–Kier alpha value is -2.87. The zero-order valence-electron chi connectivity index (χ0n) is 16.1. The van der Waals surface area contributed by atoms with Crippen molar-refractivity contribution in [1.29, 1.82) is 0 Å². The molecule has 3 heterocycles. The molecule has 2 aliphatic rings. The van der Waals surface area contributed by atoms with Crippen molar-refractivity contribution < 1.29 is 14.3 Å². The number of para-hydroxylation sites is 2. The largest absolute Gasteiger partial charge is 0.495 e. The number of benzene rings is 1. The molecule has 0 aliphatic carbocycles. The molecule has 2 aromatic rings. The lowest BCUT2D eigenvalue weighted by atomic mass is 10.2. The van der Waals surface area contributed by atoms with E-state index >= 15 is 0 Å². The summed E-state index contributed by atoms with van der Waals surface area (Å²) in [4.78, 5) is 27.8. The second-order valence-corrected chi connectivity index (χ2v) is 6.81. The van der Waals surface area contributed by atoms with Gasteiger partial charge in [0.2, 0.25) is 0 Å². The molecule has 1 amide bonds. The lowest BCUT2D eigenvalue weighted by Gasteiger charge is -2.36. The van der Waals surface area contributed by atoms with Crippen LogP contribution in [0.2, 0.25) is 0 Å². The Bertz CT molecular complexity index is 800. The third-order valence-corrected chi connectivity index (χ3v) is 5.19. The molecule has 8 nitrogen and oxygen atoms in total. The molecule has 0 spiro atoms. The zero-order valence-corrected chi connectivity index (χ0v) is 16.1. The van der Waals surface area contributed by atoms with Crippen molar-refractivity contribution in [3.63, 3.8) is 0 Å². The van der Waals surface area contributed by atoms with Crippen LogP contribution < -0.4 is 14.5 Å². The molecule has 0 saturated carbocycles. The van der Waals surface area contributed by atoms with Gasteiger partial charge in [-0.25, -0.2) is 9.97 Å². The molecule has 28 heavy (non-hydrogen) atoms. The van der Waals surface area contributed by atoms with E-state index in [0.29, 0.717) is 32.0 Å². The highest BCUT2D eigenvalue weighted by Gasteiger charge is 2.25. The van der Waals surface area contributed by atoms with Crippen molar-refractivity contribution in [3.8, 4) is 5.75 Å². The molecule has 0 N–H and O–H groups in total. The van der Waals surface area contributed by atoms with Gasteiger partial charge in [-0.2, -0.15) is 0 Å². The van der Waals surface area contributed by atoms with Crippen molar-refractivity contribution in [2.24, 2.45) is 0 Å². The summed E-state index contributed by atoms with van der Waals surface area (Å²) in [7, 11) is 1.68. The van der Waals surface area contributed by atoms with Crippen molar-refractivity contribution in [2.75, 3.05) is 69.4 Å². The Morgan fingerprint density at radius 2 is 1.71 bits per heavy atom. The number of carbonyl (C=O) groups is 1. The van der Waals surface area contributed by atoms with E-state index in [2.05, 4.69) is 19.8 Å². The molecular formula is C20H25N5O3. The van der Waals surface area contributed by atoms with Crippen LogP contribution in [0.4, 0.5) is 11.5 Å². The average Bonchev–Trinajstić information content (AvgIpc) is 2.79. The van der Waals surface area contributed by atoms with Crippen LogP contribution in [0.1, 0.15) is 10.5 Å². The maximum atomic E-state index is 12.8. The summed E-state index contributed by atoms with van der Waals surface area (Å²) in [6, 6.07) is 7.97. The third-order valence-electron chi connectivity index (χ3n) is 5.19. The minimum absolute atomic E-state index is 0.0688. The number of morpholine rings is 1. The monoisotopic (exact) mass is 383 g/mol. The lowest BCUT2D eigenvalue weighted by Crippen LogP contribution is -2.49. The molecule has 1 aromatic heterocycles. The number of rotatable bonds is 4. The fourth-order valence-electron chi connectivity index (χ4n) is 3.59. The highest BCUT2D eigenvalue weighted by molar-refractivity contribution is 5.92. The minimum atomic E-state index is -0.0688. The van der Waals surface area contributed by atoms with Gasteiger partial charge in [0, 0.05) is 39.3 Å². The third kappa shape index (κ3) is 3.87. The van der Waals surface area contributed by atoms with Crippen LogP contribution in [0, 0.1) is 0 Å². The second kappa shape index (κ2) is 8.43. The van der Waals surface area contributed by atoms with Gasteiger partial charge in [0.25, 0.3) is 5.91 Å². The van der Waals surface area contributed by atoms with Gasteiger partial charge in [0.1, 0.15) is 17.3 Å². The Kier molecular flexibility index (Phi) is 5.57. The van der Waals surface area contributed by atoms with E-state index in [1.54, 1.807) is 19.5 Å². The van der Waals surface area contributed by atoms with Gasteiger partial charge in [0.05, 0.1) is 38.4 Å². The van der Waals surface area contributed by atoms with Crippen LogP contribution >= 0.6 is 0 Å². The van der Waals surface area contributed by atoms with Gasteiger partial charge in [-0.05, 0) is 12.1 Å². The molecule has 148 valence electrons. The van der Waals surface area contributed by atoms with Crippen molar-refractivity contribution >= 4 is 17.4 Å². The Balaban J connectivity index is 1.37. The summed E-state index contributed by atoms with van der Waals surface area (Å²) in [6.07, 6.45) is 3.27. The Labute approximate surface area is 164 Å². The molecule has 0 atom stereocenters. The predicted molar refractivity (Wildman–Crippen MR) is 106 cm³/mol.